The van der Waals surface area contributed by atoms with Gasteiger partial charge < -0.3 is 11.1 Å². The topological polar surface area (TPSA) is 55.1 Å². The van der Waals surface area contributed by atoms with Gasteiger partial charge in [-0.2, -0.15) is 0 Å². The highest BCUT2D eigenvalue weighted by Crippen LogP contribution is 2.21. The first-order chi connectivity index (χ1) is 9.38. The van der Waals surface area contributed by atoms with Crippen LogP contribution in [-0.2, 0) is 0 Å². The van der Waals surface area contributed by atoms with Crippen molar-refractivity contribution in [3.63, 3.8) is 0 Å². The summed E-state index contributed by atoms with van der Waals surface area (Å²) in [6.45, 7) is 1.79. The number of amides is 1. The number of anilines is 2. The Morgan fingerprint density at radius 2 is 1.85 bits per heavy atom. The summed E-state index contributed by atoms with van der Waals surface area (Å²) >= 11 is 0. The highest BCUT2D eigenvalue weighted by Gasteiger charge is 2.16. The van der Waals surface area contributed by atoms with Crippen LogP contribution in [0.5, 0.6) is 0 Å². The summed E-state index contributed by atoms with van der Waals surface area (Å²) in [4.78, 5) is 11.9. The van der Waals surface area contributed by atoms with Gasteiger partial charge in [-0.25, -0.2) is 13.2 Å². The molecule has 3 nitrogen and oxygen atoms in total. The molecule has 1 amide bonds. The monoisotopic (exact) mass is 280 g/mol. The second-order valence-corrected chi connectivity index (χ2v) is 4.29. The number of rotatable bonds is 2. The van der Waals surface area contributed by atoms with Gasteiger partial charge in [0, 0.05) is 17.8 Å². The Bertz CT molecular complexity index is 686. The number of nitrogen functional groups attached to an aromatic ring is 1. The van der Waals surface area contributed by atoms with E-state index >= 15 is 0 Å². The number of hydrogen-bond acceptors (Lipinski definition) is 2. The predicted molar refractivity (Wildman–Crippen MR) is 69.9 cm³/mol. The third-order valence-corrected chi connectivity index (χ3v) is 2.69. The van der Waals surface area contributed by atoms with Gasteiger partial charge in [0.25, 0.3) is 5.91 Å². The minimum Gasteiger partial charge on any atom is -0.398 e. The van der Waals surface area contributed by atoms with E-state index in [9.17, 15) is 18.0 Å². The van der Waals surface area contributed by atoms with Gasteiger partial charge in [-0.3, -0.25) is 4.79 Å². The third-order valence-electron chi connectivity index (χ3n) is 2.69. The number of aryl methyl sites for hydroxylation is 1. The first kappa shape index (κ1) is 13.9. The van der Waals surface area contributed by atoms with Crippen molar-refractivity contribution in [3.05, 3.63) is 58.9 Å². The van der Waals surface area contributed by atoms with Crippen LogP contribution >= 0.6 is 0 Å². The van der Waals surface area contributed by atoms with Crippen LogP contribution in [0.15, 0.2) is 30.3 Å². The van der Waals surface area contributed by atoms with Gasteiger partial charge in [0.2, 0.25) is 0 Å². The quantitative estimate of drug-likeness (QED) is 0.655. The largest absolute Gasteiger partial charge is 0.398 e. The number of hydrogen-bond donors (Lipinski definition) is 2. The Kier molecular flexibility index (Phi) is 3.65. The molecule has 0 unspecified atom stereocenters. The molecule has 6 heteroatoms. The molecule has 3 N–H and O–H groups in total. The van der Waals surface area contributed by atoms with Crippen molar-refractivity contribution in [2.45, 2.75) is 6.92 Å². The zero-order chi connectivity index (χ0) is 14.9. The second-order valence-electron chi connectivity index (χ2n) is 4.29. The van der Waals surface area contributed by atoms with Crippen LogP contribution in [0.3, 0.4) is 0 Å². The van der Waals surface area contributed by atoms with Crippen molar-refractivity contribution < 1.29 is 18.0 Å². The van der Waals surface area contributed by atoms with E-state index < -0.39 is 29.0 Å². The number of halogens is 3. The third kappa shape index (κ3) is 2.74. The Labute approximate surface area is 113 Å². The lowest BCUT2D eigenvalue weighted by Crippen LogP contribution is -2.15. The smallest absolute Gasteiger partial charge is 0.257 e. The first-order valence-electron chi connectivity index (χ1n) is 5.70. The summed E-state index contributed by atoms with van der Waals surface area (Å²) in [7, 11) is 0. The van der Waals surface area contributed by atoms with Gasteiger partial charge in [0.15, 0.2) is 11.6 Å². The maximum atomic E-state index is 13.4. The molecule has 0 aliphatic rings. The van der Waals surface area contributed by atoms with Crippen LogP contribution in [0.4, 0.5) is 24.5 Å². The fourth-order valence-corrected chi connectivity index (χ4v) is 1.73. The molecule has 0 aliphatic heterocycles. The molecule has 0 fully saturated rings. The van der Waals surface area contributed by atoms with Crippen molar-refractivity contribution in [1.29, 1.82) is 0 Å². The molecule has 0 radical (unpaired) electrons. The van der Waals surface area contributed by atoms with Crippen LogP contribution < -0.4 is 11.1 Å². The zero-order valence-corrected chi connectivity index (χ0v) is 10.5. The Balaban J connectivity index is 2.32. The molecular formula is C14H11F3N2O. The highest BCUT2D eigenvalue weighted by molar-refractivity contribution is 6.07. The van der Waals surface area contributed by atoms with Gasteiger partial charge >= 0.3 is 0 Å². The molecule has 0 atom stereocenters. The normalized spacial score (nSPS) is 10.4. The lowest BCUT2D eigenvalue weighted by atomic mass is 10.1. The van der Waals surface area contributed by atoms with Crippen LogP contribution in [0.2, 0.25) is 0 Å². The molecular weight excluding hydrogens is 269 g/mol. The van der Waals surface area contributed by atoms with Gasteiger partial charge in [-0.15, -0.1) is 0 Å². The molecule has 0 bridgehead atoms. The molecule has 0 spiro atoms. The van der Waals surface area contributed by atoms with Crippen molar-refractivity contribution in [2.75, 3.05) is 11.1 Å². The molecule has 0 saturated carbocycles. The molecule has 2 aromatic rings. The van der Waals surface area contributed by atoms with Crippen molar-refractivity contribution in [1.82, 2.24) is 0 Å². The van der Waals surface area contributed by atoms with Crippen LogP contribution in [0, 0.1) is 24.4 Å². The molecule has 2 aromatic carbocycles. The van der Waals surface area contributed by atoms with E-state index in [1.807, 2.05) is 0 Å². The minimum absolute atomic E-state index is 0.0969. The summed E-state index contributed by atoms with van der Waals surface area (Å²) in [5, 5.41) is 2.09. The van der Waals surface area contributed by atoms with E-state index in [1.165, 1.54) is 6.07 Å². The summed E-state index contributed by atoms with van der Waals surface area (Å²) in [5.74, 6) is -4.44. The highest BCUT2D eigenvalue weighted by atomic mass is 19.2. The van der Waals surface area contributed by atoms with Crippen LogP contribution in [0.25, 0.3) is 0 Å². The number of nitrogens with one attached hydrogen (secondary N) is 1. The number of nitrogens with two attached hydrogens (primary N) is 1. The number of carbonyl (C=O) groups is 1. The van der Waals surface area contributed by atoms with Gasteiger partial charge in [0.05, 0.1) is 11.3 Å². The molecule has 20 heavy (non-hydrogen) atoms. The molecule has 0 saturated heterocycles. The summed E-state index contributed by atoms with van der Waals surface area (Å²) < 4.78 is 39.5. The number of benzene rings is 2. The van der Waals surface area contributed by atoms with Gasteiger partial charge in [-0.05, 0) is 24.6 Å². The maximum Gasteiger partial charge on any atom is 0.257 e. The Morgan fingerprint density at radius 3 is 2.50 bits per heavy atom. The van der Waals surface area contributed by atoms with E-state index in [0.717, 1.165) is 5.56 Å². The molecule has 2 rings (SSSR count). The average molecular weight is 280 g/mol. The second kappa shape index (κ2) is 5.24. The lowest BCUT2D eigenvalue weighted by molar-refractivity contribution is 0.102. The zero-order valence-electron chi connectivity index (χ0n) is 10.5. The van der Waals surface area contributed by atoms with E-state index in [-0.39, 0.29) is 11.3 Å². The summed E-state index contributed by atoms with van der Waals surface area (Å²) in [6.07, 6.45) is 0. The van der Waals surface area contributed by atoms with E-state index in [2.05, 4.69) is 5.32 Å². The van der Waals surface area contributed by atoms with E-state index in [1.54, 1.807) is 19.1 Å². The average Bonchev–Trinajstić information content (AvgIpc) is 2.35. The van der Waals surface area contributed by atoms with Crippen molar-refractivity contribution >= 4 is 17.3 Å². The summed E-state index contributed by atoms with van der Waals surface area (Å²) in [5.41, 5.74) is 6.23. The molecule has 0 aromatic heterocycles. The fourth-order valence-electron chi connectivity index (χ4n) is 1.73. The van der Waals surface area contributed by atoms with Crippen LogP contribution in [0.1, 0.15) is 15.9 Å². The molecule has 0 heterocycles. The number of carbonyl (C=O) groups excluding carboxylic acids is 1. The molecule has 104 valence electrons. The minimum atomic E-state index is -1.38. The Morgan fingerprint density at radius 1 is 1.15 bits per heavy atom. The SMILES string of the molecule is Cc1ccc(C(=O)Nc2cc(F)cc(F)c2F)c(N)c1. The predicted octanol–water partition coefficient (Wildman–Crippen LogP) is 3.25. The van der Waals surface area contributed by atoms with E-state index in [4.69, 9.17) is 5.73 Å². The standard InChI is InChI=1S/C14H11F3N2O/c1-7-2-3-9(11(18)4-7)14(20)19-12-6-8(15)5-10(16)13(12)17/h2-6H,18H2,1H3,(H,19,20). The lowest BCUT2D eigenvalue weighted by Gasteiger charge is -2.09. The van der Waals surface area contributed by atoms with E-state index in [0.29, 0.717) is 12.1 Å². The molecule has 0 aliphatic carbocycles. The van der Waals surface area contributed by atoms with Crippen molar-refractivity contribution in [2.24, 2.45) is 0 Å². The summed E-state index contributed by atoms with van der Waals surface area (Å²) in [6, 6.07) is 5.75. The Hall–Kier alpha value is -2.50. The maximum absolute atomic E-state index is 13.4. The van der Waals surface area contributed by atoms with Crippen molar-refractivity contribution in [3.8, 4) is 0 Å². The van der Waals surface area contributed by atoms with Gasteiger partial charge in [0.1, 0.15) is 5.82 Å². The first-order valence-corrected chi connectivity index (χ1v) is 5.70. The fraction of sp³-hybridized carbons (Fsp3) is 0.0714. The van der Waals surface area contributed by atoms with Gasteiger partial charge in [-0.1, -0.05) is 6.07 Å². The van der Waals surface area contributed by atoms with Crippen LogP contribution in [-0.4, -0.2) is 5.91 Å².